The van der Waals surface area contributed by atoms with Crippen molar-refractivity contribution in [3.63, 3.8) is 0 Å². The Morgan fingerprint density at radius 2 is 2.09 bits per heavy atom. The Hall–Kier alpha value is -1.36. The van der Waals surface area contributed by atoms with Crippen molar-refractivity contribution in [3.8, 4) is 11.3 Å². The molecule has 5 heteroatoms. The van der Waals surface area contributed by atoms with E-state index >= 15 is 0 Å². The van der Waals surface area contributed by atoms with E-state index in [0.717, 1.165) is 23.6 Å². The molecule has 0 amide bonds. The molecule has 1 atom stereocenters. The third-order valence-corrected chi connectivity index (χ3v) is 4.85. The molecule has 2 fully saturated rings. The van der Waals surface area contributed by atoms with Crippen LogP contribution in [0.2, 0.25) is 0 Å². The van der Waals surface area contributed by atoms with Gasteiger partial charge in [-0.25, -0.2) is 0 Å². The monoisotopic (exact) mass is 319 g/mol. The molecular formula is C17H22ClN3O. The fourth-order valence-corrected chi connectivity index (χ4v) is 3.66. The van der Waals surface area contributed by atoms with E-state index in [4.69, 9.17) is 4.52 Å². The summed E-state index contributed by atoms with van der Waals surface area (Å²) in [5, 5.41) is 7.74. The zero-order valence-corrected chi connectivity index (χ0v) is 13.4. The summed E-state index contributed by atoms with van der Waals surface area (Å²) in [6.07, 6.45) is 2.63. The quantitative estimate of drug-likeness (QED) is 0.944. The Kier molecular flexibility index (Phi) is 4.52. The molecular weight excluding hydrogens is 298 g/mol. The number of hydrogen-bond donors (Lipinski definition) is 1. The zero-order valence-electron chi connectivity index (χ0n) is 12.6. The lowest BCUT2D eigenvalue weighted by molar-refractivity contribution is 0.262. The molecule has 0 bridgehead atoms. The lowest BCUT2D eigenvalue weighted by atomic mass is 9.87. The number of aromatic nitrogens is 1. The van der Waals surface area contributed by atoms with Gasteiger partial charge in [-0.05, 0) is 31.3 Å². The van der Waals surface area contributed by atoms with E-state index in [1.807, 2.05) is 18.2 Å². The van der Waals surface area contributed by atoms with Crippen molar-refractivity contribution in [2.45, 2.75) is 19.4 Å². The lowest BCUT2D eigenvalue weighted by Crippen LogP contribution is -2.29. The average Bonchev–Trinajstić information content (AvgIpc) is 3.24. The molecule has 1 N–H and O–H groups in total. The number of benzene rings is 1. The van der Waals surface area contributed by atoms with Crippen LogP contribution in [-0.2, 0) is 6.54 Å². The Labute approximate surface area is 137 Å². The van der Waals surface area contributed by atoms with Crippen molar-refractivity contribution in [1.29, 1.82) is 0 Å². The summed E-state index contributed by atoms with van der Waals surface area (Å²) in [7, 11) is 0. The van der Waals surface area contributed by atoms with Gasteiger partial charge in [-0.1, -0.05) is 35.5 Å². The van der Waals surface area contributed by atoms with Gasteiger partial charge < -0.3 is 9.84 Å². The molecule has 1 aromatic heterocycles. The smallest absolute Gasteiger partial charge is 0.167 e. The van der Waals surface area contributed by atoms with Gasteiger partial charge in [0, 0.05) is 31.3 Å². The molecule has 1 spiro atoms. The van der Waals surface area contributed by atoms with Crippen LogP contribution in [0.1, 0.15) is 18.5 Å². The first-order chi connectivity index (χ1) is 10.3. The molecule has 2 saturated heterocycles. The average molecular weight is 320 g/mol. The number of hydrogen-bond acceptors (Lipinski definition) is 4. The highest BCUT2D eigenvalue weighted by Gasteiger charge is 2.40. The summed E-state index contributed by atoms with van der Waals surface area (Å²) < 4.78 is 5.49. The van der Waals surface area contributed by atoms with E-state index in [0.29, 0.717) is 5.41 Å². The van der Waals surface area contributed by atoms with Crippen LogP contribution in [0.4, 0.5) is 0 Å². The second kappa shape index (κ2) is 6.41. The van der Waals surface area contributed by atoms with E-state index in [1.54, 1.807) is 0 Å². The van der Waals surface area contributed by atoms with Gasteiger partial charge in [0.15, 0.2) is 5.76 Å². The zero-order chi connectivity index (χ0) is 14.1. The highest BCUT2D eigenvalue weighted by atomic mass is 35.5. The molecule has 0 aliphatic carbocycles. The molecule has 22 heavy (non-hydrogen) atoms. The van der Waals surface area contributed by atoms with Crippen LogP contribution in [0, 0.1) is 5.41 Å². The van der Waals surface area contributed by atoms with Crippen LogP contribution < -0.4 is 5.32 Å². The van der Waals surface area contributed by atoms with Crippen LogP contribution in [-0.4, -0.2) is 36.2 Å². The molecule has 3 heterocycles. The molecule has 0 radical (unpaired) electrons. The molecule has 2 aromatic rings. The number of nitrogens with zero attached hydrogens (tertiary/aromatic N) is 2. The Bertz CT molecular complexity index is 607. The molecule has 118 valence electrons. The minimum Gasteiger partial charge on any atom is -0.356 e. The van der Waals surface area contributed by atoms with Crippen LogP contribution in [0.15, 0.2) is 40.9 Å². The summed E-state index contributed by atoms with van der Waals surface area (Å²) in [5.41, 5.74) is 2.65. The summed E-state index contributed by atoms with van der Waals surface area (Å²) in [6, 6.07) is 12.2. The highest BCUT2D eigenvalue weighted by molar-refractivity contribution is 5.85. The number of nitrogens with one attached hydrogen (secondary N) is 1. The van der Waals surface area contributed by atoms with Crippen molar-refractivity contribution in [2.75, 3.05) is 26.2 Å². The van der Waals surface area contributed by atoms with Gasteiger partial charge in [0.1, 0.15) is 0 Å². The van der Waals surface area contributed by atoms with Crippen molar-refractivity contribution < 1.29 is 4.52 Å². The number of likely N-dealkylation sites (tertiary alicyclic amines) is 1. The SMILES string of the molecule is Cl.c1ccc(-c2cc(CN3CCC4(CCNC4)C3)no2)cc1. The van der Waals surface area contributed by atoms with Gasteiger partial charge >= 0.3 is 0 Å². The molecule has 4 rings (SSSR count). The molecule has 1 aromatic carbocycles. The maximum absolute atomic E-state index is 5.49. The number of rotatable bonds is 3. The first-order valence-corrected chi connectivity index (χ1v) is 7.77. The maximum atomic E-state index is 5.49. The van der Waals surface area contributed by atoms with Gasteiger partial charge in [-0.2, -0.15) is 0 Å². The topological polar surface area (TPSA) is 41.3 Å². The van der Waals surface area contributed by atoms with E-state index in [1.165, 1.54) is 39.0 Å². The second-order valence-corrected chi connectivity index (χ2v) is 6.44. The van der Waals surface area contributed by atoms with Crippen LogP contribution in [0.25, 0.3) is 11.3 Å². The minimum atomic E-state index is 0. The largest absolute Gasteiger partial charge is 0.356 e. The molecule has 0 saturated carbocycles. The van der Waals surface area contributed by atoms with Crippen LogP contribution in [0.3, 0.4) is 0 Å². The van der Waals surface area contributed by atoms with Gasteiger partial charge in [0.2, 0.25) is 0 Å². The summed E-state index contributed by atoms with van der Waals surface area (Å²) in [5.74, 6) is 0.863. The summed E-state index contributed by atoms with van der Waals surface area (Å²) in [6.45, 7) is 5.62. The van der Waals surface area contributed by atoms with Crippen molar-refractivity contribution in [2.24, 2.45) is 5.41 Å². The first kappa shape index (κ1) is 15.5. The van der Waals surface area contributed by atoms with Crippen LogP contribution in [0.5, 0.6) is 0 Å². The standard InChI is InChI=1S/C17H21N3O.ClH/c1-2-4-14(5-3-1)16-10-15(19-21-16)11-20-9-7-17(13-20)6-8-18-12-17;/h1-5,10,18H,6-9,11-13H2;1H. The van der Waals surface area contributed by atoms with Gasteiger partial charge in [0.05, 0.1) is 5.69 Å². The predicted molar refractivity (Wildman–Crippen MR) is 89.0 cm³/mol. The lowest BCUT2D eigenvalue weighted by Gasteiger charge is -2.22. The third-order valence-electron chi connectivity index (χ3n) is 4.85. The van der Waals surface area contributed by atoms with Crippen LogP contribution >= 0.6 is 12.4 Å². The fraction of sp³-hybridized carbons (Fsp3) is 0.471. The van der Waals surface area contributed by atoms with Gasteiger partial charge in [-0.3, -0.25) is 4.90 Å². The van der Waals surface area contributed by atoms with Crippen molar-refractivity contribution >= 4 is 12.4 Å². The van der Waals surface area contributed by atoms with E-state index in [2.05, 4.69) is 33.6 Å². The van der Waals surface area contributed by atoms with Crippen molar-refractivity contribution in [3.05, 3.63) is 42.1 Å². The predicted octanol–water partition coefficient (Wildman–Crippen LogP) is 2.95. The fourth-order valence-electron chi connectivity index (χ4n) is 3.66. The van der Waals surface area contributed by atoms with E-state index in [9.17, 15) is 0 Å². The molecule has 1 unspecified atom stereocenters. The molecule has 2 aliphatic heterocycles. The Morgan fingerprint density at radius 3 is 2.86 bits per heavy atom. The molecule has 2 aliphatic rings. The van der Waals surface area contributed by atoms with E-state index < -0.39 is 0 Å². The highest BCUT2D eigenvalue weighted by Crippen LogP contribution is 2.36. The minimum absolute atomic E-state index is 0. The molecule has 4 nitrogen and oxygen atoms in total. The first-order valence-electron chi connectivity index (χ1n) is 7.77. The van der Waals surface area contributed by atoms with Gasteiger partial charge in [0.25, 0.3) is 0 Å². The third kappa shape index (κ3) is 3.05. The van der Waals surface area contributed by atoms with E-state index in [-0.39, 0.29) is 12.4 Å². The van der Waals surface area contributed by atoms with Crippen molar-refractivity contribution in [1.82, 2.24) is 15.4 Å². The maximum Gasteiger partial charge on any atom is 0.167 e. The Balaban J connectivity index is 0.00000144. The summed E-state index contributed by atoms with van der Waals surface area (Å²) in [4.78, 5) is 2.51. The second-order valence-electron chi connectivity index (χ2n) is 6.44. The normalized spacial score (nSPS) is 24.7. The number of halogens is 1. The Morgan fingerprint density at radius 1 is 1.23 bits per heavy atom. The van der Waals surface area contributed by atoms with Gasteiger partial charge in [-0.15, -0.1) is 12.4 Å². The summed E-state index contributed by atoms with van der Waals surface area (Å²) >= 11 is 0.